The number of morpholine rings is 1. The summed E-state index contributed by atoms with van der Waals surface area (Å²) in [5.41, 5.74) is 5.09. The zero-order chi connectivity index (χ0) is 25.1. The highest BCUT2D eigenvalue weighted by atomic mass is 16.5. The highest BCUT2D eigenvalue weighted by molar-refractivity contribution is 5.82. The summed E-state index contributed by atoms with van der Waals surface area (Å²) in [5, 5.41) is 6.42. The lowest BCUT2D eigenvalue weighted by Gasteiger charge is -2.36. The largest absolute Gasteiger partial charge is 0.371 e. The fourth-order valence-electron chi connectivity index (χ4n) is 5.86. The molecule has 2 heterocycles. The second-order valence-corrected chi connectivity index (χ2v) is 9.82. The van der Waals surface area contributed by atoms with Gasteiger partial charge in [-0.1, -0.05) is 110 Å². The quantitative estimate of drug-likeness (QED) is 0.241. The molecular formula is C33H33N3O. The van der Waals surface area contributed by atoms with Crippen LogP contribution in [0.25, 0.3) is 10.9 Å². The van der Waals surface area contributed by atoms with Crippen molar-refractivity contribution < 1.29 is 4.74 Å². The molecule has 0 amide bonds. The number of ether oxygens (including phenoxy) is 1. The lowest BCUT2D eigenvalue weighted by Crippen LogP contribution is -2.38. The van der Waals surface area contributed by atoms with Gasteiger partial charge in [-0.25, -0.2) is 0 Å². The van der Waals surface area contributed by atoms with E-state index in [9.17, 15) is 0 Å². The minimum absolute atomic E-state index is 0.0428. The molecule has 186 valence electrons. The first-order chi connectivity index (χ1) is 18.3. The molecular weight excluding hydrogens is 454 g/mol. The minimum Gasteiger partial charge on any atom is -0.371 e. The van der Waals surface area contributed by atoms with E-state index in [-0.39, 0.29) is 6.10 Å². The number of hydrogen-bond acceptors (Lipinski definition) is 3. The SMILES string of the molecule is CCCN1CCOC(c2cccc3nn(C(c4ccccc4)(c4ccccc4)c4ccccc4)cc23)C1. The van der Waals surface area contributed by atoms with Gasteiger partial charge >= 0.3 is 0 Å². The van der Waals surface area contributed by atoms with Crippen LogP contribution in [0.15, 0.2) is 115 Å². The zero-order valence-electron chi connectivity index (χ0n) is 21.3. The average Bonchev–Trinajstić information content (AvgIpc) is 3.40. The third-order valence-corrected chi connectivity index (χ3v) is 7.54. The summed E-state index contributed by atoms with van der Waals surface area (Å²) >= 11 is 0. The topological polar surface area (TPSA) is 30.3 Å². The van der Waals surface area contributed by atoms with Crippen LogP contribution in [0.3, 0.4) is 0 Å². The summed E-state index contributed by atoms with van der Waals surface area (Å²) in [6.07, 6.45) is 3.43. The first-order valence-electron chi connectivity index (χ1n) is 13.3. The van der Waals surface area contributed by atoms with E-state index in [1.807, 2.05) is 0 Å². The van der Waals surface area contributed by atoms with Gasteiger partial charge in [-0.3, -0.25) is 9.58 Å². The number of benzene rings is 4. The van der Waals surface area contributed by atoms with Crippen molar-refractivity contribution in [2.24, 2.45) is 0 Å². The molecule has 1 saturated heterocycles. The van der Waals surface area contributed by atoms with E-state index in [0.717, 1.165) is 43.6 Å². The Morgan fingerprint density at radius 2 is 1.38 bits per heavy atom. The number of fused-ring (bicyclic) bond motifs is 1. The summed E-state index contributed by atoms with van der Waals surface area (Å²) in [6, 6.07) is 38.6. The molecule has 4 nitrogen and oxygen atoms in total. The predicted octanol–water partition coefficient (Wildman–Crippen LogP) is 6.66. The summed E-state index contributed by atoms with van der Waals surface area (Å²) < 4.78 is 8.49. The molecule has 0 bridgehead atoms. The summed E-state index contributed by atoms with van der Waals surface area (Å²) in [5.74, 6) is 0. The van der Waals surface area contributed by atoms with Crippen LogP contribution in [-0.4, -0.2) is 40.9 Å². The molecule has 5 aromatic rings. The molecule has 4 heteroatoms. The second-order valence-electron chi connectivity index (χ2n) is 9.82. The van der Waals surface area contributed by atoms with Crippen molar-refractivity contribution in [3.05, 3.63) is 138 Å². The van der Waals surface area contributed by atoms with Gasteiger partial charge in [-0.2, -0.15) is 5.10 Å². The van der Waals surface area contributed by atoms with Gasteiger partial charge < -0.3 is 4.74 Å². The lowest BCUT2D eigenvalue weighted by atomic mass is 9.77. The first-order valence-corrected chi connectivity index (χ1v) is 13.3. The molecule has 1 aromatic heterocycles. The average molecular weight is 488 g/mol. The van der Waals surface area contributed by atoms with E-state index in [4.69, 9.17) is 9.84 Å². The Morgan fingerprint density at radius 1 is 0.784 bits per heavy atom. The van der Waals surface area contributed by atoms with Gasteiger partial charge in [-0.05, 0) is 41.3 Å². The van der Waals surface area contributed by atoms with Crippen molar-refractivity contribution in [3.63, 3.8) is 0 Å². The van der Waals surface area contributed by atoms with Crippen LogP contribution < -0.4 is 0 Å². The van der Waals surface area contributed by atoms with Crippen LogP contribution >= 0.6 is 0 Å². The van der Waals surface area contributed by atoms with Crippen LogP contribution in [-0.2, 0) is 10.3 Å². The lowest BCUT2D eigenvalue weighted by molar-refractivity contribution is -0.0291. The maximum absolute atomic E-state index is 6.32. The van der Waals surface area contributed by atoms with Gasteiger partial charge in [-0.15, -0.1) is 0 Å². The standard InChI is InChI=1S/C33H33N3O/c1-2-21-35-22-23-37-32(25-35)29-19-12-20-31-30(29)24-36(34-31)33(26-13-6-3-7-14-26,27-15-8-4-9-16-27)28-17-10-5-11-18-28/h3-20,24,32H,2,21-23,25H2,1H3. The summed E-state index contributed by atoms with van der Waals surface area (Å²) in [4.78, 5) is 2.51. The molecule has 0 aliphatic carbocycles. The fraction of sp³-hybridized carbons (Fsp3) is 0.242. The molecule has 0 N–H and O–H groups in total. The van der Waals surface area contributed by atoms with Crippen LogP contribution in [0, 0.1) is 0 Å². The summed E-state index contributed by atoms with van der Waals surface area (Å²) in [7, 11) is 0. The number of aromatic nitrogens is 2. The molecule has 1 aliphatic rings. The van der Waals surface area contributed by atoms with E-state index in [0.29, 0.717) is 0 Å². The van der Waals surface area contributed by atoms with Gasteiger partial charge in [0.1, 0.15) is 5.54 Å². The van der Waals surface area contributed by atoms with Crippen molar-refractivity contribution in [2.45, 2.75) is 25.0 Å². The van der Waals surface area contributed by atoms with E-state index in [1.165, 1.54) is 22.3 Å². The summed E-state index contributed by atoms with van der Waals surface area (Å²) in [6.45, 7) is 6.02. The van der Waals surface area contributed by atoms with Gasteiger partial charge in [0, 0.05) is 24.7 Å². The molecule has 1 aliphatic heterocycles. The number of rotatable bonds is 7. The number of nitrogens with zero attached hydrogens (tertiary/aromatic N) is 3. The molecule has 0 radical (unpaired) electrons. The van der Waals surface area contributed by atoms with E-state index in [1.54, 1.807) is 0 Å². The van der Waals surface area contributed by atoms with Crippen molar-refractivity contribution in [1.29, 1.82) is 0 Å². The fourth-order valence-corrected chi connectivity index (χ4v) is 5.86. The Kier molecular flexibility index (Phi) is 6.60. The van der Waals surface area contributed by atoms with Gasteiger partial charge in [0.25, 0.3) is 0 Å². The zero-order valence-corrected chi connectivity index (χ0v) is 21.3. The maximum Gasteiger partial charge on any atom is 0.138 e. The molecule has 1 fully saturated rings. The highest BCUT2D eigenvalue weighted by Crippen LogP contribution is 2.41. The van der Waals surface area contributed by atoms with Crippen LogP contribution in [0.1, 0.15) is 41.7 Å². The Balaban J connectivity index is 1.58. The highest BCUT2D eigenvalue weighted by Gasteiger charge is 2.39. The van der Waals surface area contributed by atoms with E-state index in [2.05, 4.69) is 132 Å². The van der Waals surface area contributed by atoms with Crippen molar-refractivity contribution in [1.82, 2.24) is 14.7 Å². The van der Waals surface area contributed by atoms with Crippen molar-refractivity contribution >= 4 is 10.9 Å². The normalized spacial score (nSPS) is 16.7. The maximum atomic E-state index is 6.32. The van der Waals surface area contributed by atoms with Crippen molar-refractivity contribution in [3.8, 4) is 0 Å². The molecule has 37 heavy (non-hydrogen) atoms. The van der Waals surface area contributed by atoms with Gasteiger partial charge in [0.2, 0.25) is 0 Å². The Morgan fingerprint density at radius 3 is 1.95 bits per heavy atom. The molecule has 1 unspecified atom stereocenters. The molecule has 4 aromatic carbocycles. The van der Waals surface area contributed by atoms with Crippen molar-refractivity contribution in [2.75, 3.05) is 26.2 Å². The Hall–Kier alpha value is -3.73. The minimum atomic E-state index is -0.623. The van der Waals surface area contributed by atoms with E-state index < -0.39 is 5.54 Å². The van der Waals surface area contributed by atoms with Crippen LogP contribution in [0.5, 0.6) is 0 Å². The van der Waals surface area contributed by atoms with Crippen LogP contribution in [0.4, 0.5) is 0 Å². The van der Waals surface area contributed by atoms with Crippen LogP contribution in [0.2, 0.25) is 0 Å². The Labute approximate surface area is 219 Å². The molecule has 6 rings (SSSR count). The van der Waals surface area contributed by atoms with E-state index >= 15 is 0 Å². The third-order valence-electron chi connectivity index (χ3n) is 7.54. The molecule has 0 spiro atoms. The molecule has 0 saturated carbocycles. The monoisotopic (exact) mass is 487 g/mol. The third kappa shape index (κ3) is 4.26. The Bertz CT molecular complexity index is 1350. The first kappa shape index (κ1) is 23.7. The second kappa shape index (κ2) is 10.3. The number of hydrogen-bond donors (Lipinski definition) is 0. The molecule has 1 atom stereocenters. The van der Waals surface area contributed by atoms with Gasteiger partial charge in [0.05, 0.1) is 18.2 Å². The van der Waals surface area contributed by atoms with Gasteiger partial charge in [0.15, 0.2) is 0 Å². The smallest absolute Gasteiger partial charge is 0.138 e. The predicted molar refractivity (Wildman–Crippen MR) is 150 cm³/mol.